The Labute approximate surface area is 262 Å². The average molecular weight is 589 g/mol. The predicted molar refractivity (Wildman–Crippen MR) is 180 cm³/mol. The topological polar surface area (TPSA) is 62.1 Å². The van der Waals surface area contributed by atoms with Gasteiger partial charge in [-0.3, -0.25) is 4.57 Å². The monoisotopic (exact) mass is 588 g/mol. The lowest BCUT2D eigenvalue weighted by Gasteiger charge is -2.14. The molecule has 0 saturated heterocycles. The molecule has 7 nitrogen and oxygen atoms in total. The molecule has 0 N–H and O–H groups in total. The van der Waals surface area contributed by atoms with E-state index in [1.54, 1.807) is 6.07 Å². The average Bonchev–Trinajstić information content (AvgIpc) is 3.58. The lowest BCUT2D eigenvalue weighted by atomic mass is 10.1. The predicted octanol–water partition coefficient (Wildman–Crippen LogP) is 9.82. The summed E-state index contributed by atoms with van der Waals surface area (Å²) in [7, 11) is 0. The minimum atomic E-state index is 0.381. The molecule has 3 heterocycles. The van der Waals surface area contributed by atoms with Gasteiger partial charge in [0.2, 0.25) is 0 Å². The van der Waals surface area contributed by atoms with Crippen molar-refractivity contribution in [2.24, 2.45) is 0 Å². The normalized spacial score (nSPS) is 11.4. The van der Waals surface area contributed by atoms with E-state index < -0.39 is 0 Å². The van der Waals surface area contributed by atoms with E-state index in [4.69, 9.17) is 26.4 Å². The van der Waals surface area contributed by atoms with Gasteiger partial charge in [0.05, 0.1) is 23.3 Å². The molecule has 0 aliphatic carbocycles. The van der Waals surface area contributed by atoms with Crippen molar-refractivity contribution < 1.29 is 4.74 Å². The van der Waals surface area contributed by atoms with Gasteiger partial charge >= 0.3 is 0 Å². The Morgan fingerprint density at radius 3 is 2.33 bits per heavy atom. The van der Waals surface area contributed by atoms with Crippen LogP contribution in [0.25, 0.3) is 49.5 Å². The van der Waals surface area contributed by atoms with E-state index in [1.807, 2.05) is 48.1 Å². The summed E-state index contributed by atoms with van der Waals surface area (Å²) in [6.45, 7) is 18.2. The van der Waals surface area contributed by atoms with Gasteiger partial charge in [-0.25, -0.2) is 19.5 Å². The summed E-state index contributed by atoms with van der Waals surface area (Å²) >= 11 is 0. The number of hydrogen-bond acceptors (Lipinski definition) is 4. The summed E-state index contributed by atoms with van der Waals surface area (Å²) in [5.74, 6) is 3.76. The lowest BCUT2D eigenvalue weighted by Crippen LogP contribution is -2.04. The molecule has 0 aliphatic rings. The summed E-state index contributed by atoms with van der Waals surface area (Å²) in [6.07, 6.45) is 1.88. The molecule has 7 aromatic rings. The van der Waals surface area contributed by atoms with Crippen molar-refractivity contribution in [2.75, 3.05) is 0 Å². The highest BCUT2D eigenvalue weighted by atomic mass is 16.5. The second kappa shape index (κ2) is 11.1. The van der Waals surface area contributed by atoms with Crippen LogP contribution in [0, 0.1) is 27.3 Å². The van der Waals surface area contributed by atoms with Crippen molar-refractivity contribution in [3.63, 3.8) is 0 Å². The first kappa shape index (κ1) is 28.1. The fraction of sp³-hybridized carbons (Fsp3) is 0.158. The molecule has 45 heavy (non-hydrogen) atoms. The second-order valence-electron chi connectivity index (χ2n) is 11.7. The third-order valence-corrected chi connectivity index (χ3v) is 8.19. The summed E-state index contributed by atoms with van der Waals surface area (Å²) < 4.78 is 10.6. The highest BCUT2D eigenvalue weighted by Gasteiger charge is 2.18. The number of aryl methyl sites for hydroxylation is 3. The summed E-state index contributed by atoms with van der Waals surface area (Å²) in [5.41, 5.74) is 7.69. The quantitative estimate of drug-likeness (QED) is 0.181. The van der Waals surface area contributed by atoms with Gasteiger partial charge in [0.25, 0.3) is 0 Å². The maximum Gasteiger partial charge on any atom is 0.191 e. The van der Waals surface area contributed by atoms with Crippen LogP contribution in [0.4, 0.5) is 5.69 Å². The number of fused-ring (bicyclic) bond motifs is 3. The number of para-hydroxylation sites is 2. The van der Waals surface area contributed by atoms with Gasteiger partial charge < -0.3 is 4.74 Å². The third-order valence-electron chi connectivity index (χ3n) is 8.19. The summed E-state index contributed by atoms with van der Waals surface area (Å²) in [5, 5.41) is 7.00. The van der Waals surface area contributed by atoms with Crippen LogP contribution >= 0.6 is 0 Å². The molecule has 0 unspecified atom stereocenters. The molecule has 0 radical (unpaired) electrons. The van der Waals surface area contributed by atoms with E-state index in [1.165, 1.54) is 5.56 Å². The largest absolute Gasteiger partial charge is 0.459 e. The van der Waals surface area contributed by atoms with Crippen molar-refractivity contribution in [1.29, 1.82) is 0 Å². The van der Waals surface area contributed by atoms with Crippen LogP contribution in [0.1, 0.15) is 42.3 Å². The first-order chi connectivity index (χ1) is 21.8. The van der Waals surface area contributed by atoms with Gasteiger partial charge in [0.15, 0.2) is 11.5 Å². The number of benzene rings is 4. The van der Waals surface area contributed by atoms with Gasteiger partial charge in [-0.05, 0) is 91.9 Å². The molecule has 0 spiro atoms. The maximum atomic E-state index is 7.83. The summed E-state index contributed by atoms with van der Waals surface area (Å²) in [4.78, 5) is 13.3. The molecular weight excluding hydrogens is 556 g/mol. The number of rotatable bonds is 6. The molecule has 3 aromatic heterocycles. The molecule has 0 bridgehead atoms. The highest BCUT2D eigenvalue weighted by Crippen LogP contribution is 2.37. The second-order valence-corrected chi connectivity index (χ2v) is 11.7. The van der Waals surface area contributed by atoms with Crippen molar-refractivity contribution in [1.82, 2.24) is 24.3 Å². The Balaban J connectivity index is 1.35. The molecule has 0 aliphatic heterocycles. The fourth-order valence-corrected chi connectivity index (χ4v) is 6.05. The SMILES string of the molecule is [C-]#[N+]c1cc(Oc2ccc3c4ccccc4n(-c4cc(C(C)C)ccn4)c3c2)cc(-c2nc(C)nn2-c2c(C)cccc2C)c1. The molecule has 0 atom stereocenters. The van der Waals surface area contributed by atoms with Crippen LogP contribution in [-0.2, 0) is 0 Å². The van der Waals surface area contributed by atoms with Gasteiger partial charge in [0.1, 0.15) is 23.1 Å². The molecule has 0 fully saturated rings. The van der Waals surface area contributed by atoms with Crippen LogP contribution in [-0.4, -0.2) is 24.3 Å². The third kappa shape index (κ3) is 5.00. The molecule has 220 valence electrons. The highest BCUT2D eigenvalue weighted by molar-refractivity contribution is 6.09. The molecular formula is C38H32N6O. The van der Waals surface area contributed by atoms with Crippen LogP contribution in [0.5, 0.6) is 11.5 Å². The van der Waals surface area contributed by atoms with Gasteiger partial charge in [-0.15, -0.1) is 0 Å². The number of ether oxygens (including phenoxy) is 1. The van der Waals surface area contributed by atoms with Crippen molar-refractivity contribution in [3.05, 3.63) is 131 Å². The zero-order valence-electron chi connectivity index (χ0n) is 25.9. The van der Waals surface area contributed by atoms with Gasteiger partial charge in [-0.2, -0.15) is 5.10 Å². The van der Waals surface area contributed by atoms with Crippen molar-refractivity contribution in [3.8, 4) is 34.4 Å². The number of aromatic nitrogens is 5. The minimum Gasteiger partial charge on any atom is -0.459 e. The van der Waals surface area contributed by atoms with Crippen LogP contribution < -0.4 is 4.74 Å². The van der Waals surface area contributed by atoms with Gasteiger partial charge in [0, 0.05) is 28.6 Å². The van der Waals surface area contributed by atoms with E-state index in [9.17, 15) is 0 Å². The van der Waals surface area contributed by atoms with E-state index in [-0.39, 0.29) is 0 Å². The smallest absolute Gasteiger partial charge is 0.191 e. The lowest BCUT2D eigenvalue weighted by molar-refractivity contribution is 0.484. The minimum absolute atomic E-state index is 0.381. The Morgan fingerprint density at radius 2 is 1.56 bits per heavy atom. The molecule has 7 heteroatoms. The van der Waals surface area contributed by atoms with Crippen molar-refractivity contribution in [2.45, 2.75) is 40.5 Å². The van der Waals surface area contributed by atoms with Crippen LogP contribution in [0.2, 0.25) is 0 Å². The Morgan fingerprint density at radius 1 is 0.778 bits per heavy atom. The van der Waals surface area contributed by atoms with E-state index in [0.717, 1.165) is 50.0 Å². The number of hydrogen-bond donors (Lipinski definition) is 0. The Bertz CT molecular complexity index is 2260. The van der Waals surface area contributed by atoms with Gasteiger partial charge in [-0.1, -0.05) is 50.2 Å². The molecule has 4 aromatic carbocycles. The van der Waals surface area contributed by atoms with Crippen molar-refractivity contribution >= 4 is 27.5 Å². The Hall–Kier alpha value is -5.74. The maximum absolute atomic E-state index is 7.83. The molecule has 7 rings (SSSR count). The van der Waals surface area contributed by atoms with E-state index in [0.29, 0.717) is 34.8 Å². The molecule has 0 amide bonds. The summed E-state index contributed by atoms with van der Waals surface area (Å²) in [6, 6.07) is 30.4. The molecule has 0 saturated carbocycles. The first-order valence-electron chi connectivity index (χ1n) is 15.0. The zero-order chi connectivity index (χ0) is 31.2. The number of nitrogens with zero attached hydrogens (tertiary/aromatic N) is 6. The zero-order valence-corrected chi connectivity index (χ0v) is 25.9. The van der Waals surface area contributed by atoms with Crippen LogP contribution in [0.3, 0.4) is 0 Å². The van der Waals surface area contributed by atoms with Crippen LogP contribution in [0.15, 0.2) is 97.2 Å². The van der Waals surface area contributed by atoms with E-state index >= 15 is 0 Å². The Kier molecular flexibility index (Phi) is 6.90. The number of pyridine rings is 1. The fourth-order valence-electron chi connectivity index (χ4n) is 6.05. The standard InChI is InChI=1S/C38H32N6O/c1-23(2)27-16-17-40-36(20-27)43-34-13-8-7-12-32(34)33-15-14-30(22-35(33)43)45-31-19-28(18-29(21-31)39-6)38-41-26(5)42-44(38)37-24(3)10-9-11-25(37)4/h7-23H,1-5H3. The van der Waals surface area contributed by atoms with E-state index in [2.05, 4.69) is 91.7 Å². The first-order valence-corrected chi connectivity index (χ1v) is 15.0.